The van der Waals surface area contributed by atoms with Crippen LogP contribution in [0.4, 0.5) is 8.78 Å². The lowest BCUT2D eigenvalue weighted by molar-refractivity contribution is 0.0744. The molecule has 4 rings (SSSR count). The lowest BCUT2D eigenvalue weighted by atomic mass is 10.2. The number of rotatable bonds is 3. The van der Waals surface area contributed by atoms with E-state index < -0.39 is 21.6 Å². The Labute approximate surface area is 159 Å². The second kappa shape index (κ2) is 6.52. The number of hydrogen-bond acceptors (Lipinski definition) is 4. The molecule has 6 nitrogen and oxygen atoms in total. The Morgan fingerprint density at radius 1 is 1.07 bits per heavy atom. The number of hydrogen-bond donors (Lipinski definition) is 0. The maximum absolute atomic E-state index is 14.1. The molecule has 28 heavy (non-hydrogen) atoms. The lowest BCUT2D eigenvalue weighted by Gasteiger charge is -2.16. The molecule has 0 radical (unpaired) electrons. The minimum Gasteiger partial charge on any atom is -0.328 e. The zero-order valence-corrected chi connectivity index (χ0v) is 15.6. The zero-order chi connectivity index (χ0) is 20.1. The molecule has 0 saturated carbocycles. The molecule has 2 aromatic carbocycles. The van der Waals surface area contributed by atoms with Gasteiger partial charge in [-0.25, -0.2) is 21.9 Å². The molecule has 1 amide bonds. The molecule has 144 valence electrons. The number of benzene rings is 2. The number of carbonyl (C=O) groups is 1. The molecule has 0 unspecified atom stereocenters. The Hall–Kier alpha value is -3.07. The summed E-state index contributed by atoms with van der Waals surface area (Å²) in [5, 5.41) is 4.41. The van der Waals surface area contributed by atoms with E-state index in [1.807, 2.05) is 0 Å². The fourth-order valence-corrected chi connectivity index (χ4v) is 3.74. The van der Waals surface area contributed by atoms with E-state index >= 15 is 0 Å². The summed E-state index contributed by atoms with van der Waals surface area (Å²) in [6.07, 6.45) is 2.73. The number of nitrogens with zero attached hydrogens (tertiary/aromatic N) is 3. The highest BCUT2D eigenvalue weighted by atomic mass is 32.2. The van der Waals surface area contributed by atoms with E-state index in [-0.39, 0.29) is 29.4 Å². The van der Waals surface area contributed by atoms with E-state index in [9.17, 15) is 22.0 Å². The van der Waals surface area contributed by atoms with Crippen molar-refractivity contribution >= 4 is 15.7 Å². The molecule has 2 heterocycles. The normalized spacial score (nSPS) is 13.6. The molecule has 0 fully saturated rings. The van der Waals surface area contributed by atoms with Crippen molar-refractivity contribution in [1.29, 1.82) is 0 Å². The van der Waals surface area contributed by atoms with E-state index in [0.29, 0.717) is 11.4 Å². The number of fused-ring (bicyclic) bond motifs is 1. The number of halogens is 2. The molecule has 0 saturated heterocycles. The number of sulfone groups is 1. The molecular weight excluding hydrogens is 388 g/mol. The monoisotopic (exact) mass is 403 g/mol. The van der Waals surface area contributed by atoms with Gasteiger partial charge >= 0.3 is 0 Å². The van der Waals surface area contributed by atoms with Gasteiger partial charge in [0, 0.05) is 24.6 Å². The third-order valence-electron chi connectivity index (χ3n) is 4.55. The van der Waals surface area contributed by atoms with Crippen molar-refractivity contribution in [3.8, 4) is 5.69 Å². The van der Waals surface area contributed by atoms with Gasteiger partial charge in [0.25, 0.3) is 5.91 Å². The van der Waals surface area contributed by atoms with Gasteiger partial charge in [0.1, 0.15) is 11.6 Å². The van der Waals surface area contributed by atoms with E-state index in [2.05, 4.69) is 5.10 Å². The highest BCUT2D eigenvalue weighted by Crippen LogP contribution is 2.26. The summed E-state index contributed by atoms with van der Waals surface area (Å²) in [5.74, 6) is -1.73. The van der Waals surface area contributed by atoms with Crippen LogP contribution >= 0.6 is 0 Å². The molecule has 3 aromatic rings. The highest BCUT2D eigenvalue weighted by molar-refractivity contribution is 7.90. The van der Waals surface area contributed by atoms with Gasteiger partial charge in [0.15, 0.2) is 9.84 Å². The SMILES string of the molecule is CS(=O)(=O)c1ccc(F)c(C(=O)N2Cc3cn(-c4ccc(F)cc4)nc3C2)c1. The van der Waals surface area contributed by atoms with Gasteiger partial charge in [-0.15, -0.1) is 0 Å². The van der Waals surface area contributed by atoms with Gasteiger partial charge < -0.3 is 4.90 Å². The molecule has 1 aliphatic heterocycles. The minimum absolute atomic E-state index is 0.115. The van der Waals surface area contributed by atoms with E-state index in [1.165, 1.54) is 17.0 Å². The largest absolute Gasteiger partial charge is 0.328 e. The first-order valence-corrected chi connectivity index (χ1v) is 10.2. The van der Waals surface area contributed by atoms with Crippen LogP contribution in [0.1, 0.15) is 21.6 Å². The van der Waals surface area contributed by atoms with Gasteiger partial charge in [-0.2, -0.15) is 5.10 Å². The first-order valence-electron chi connectivity index (χ1n) is 8.34. The van der Waals surface area contributed by atoms with Crippen LogP contribution in [0.3, 0.4) is 0 Å². The third kappa shape index (κ3) is 3.29. The Morgan fingerprint density at radius 2 is 1.79 bits per heavy atom. The van der Waals surface area contributed by atoms with Gasteiger partial charge in [-0.3, -0.25) is 4.79 Å². The van der Waals surface area contributed by atoms with Gasteiger partial charge in [-0.05, 0) is 42.5 Å². The van der Waals surface area contributed by atoms with Crippen molar-refractivity contribution in [2.75, 3.05) is 6.26 Å². The first kappa shape index (κ1) is 18.3. The van der Waals surface area contributed by atoms with Crippen LogP contribution in [0, 0.1) is 11.6 Å². The van der Waals surface area contributed by atoms with Crippen molar-refractivity contribution in [2.24, 2.45) is 0 Å². The fraction of sp³-hybridized carbons (Fsp3) is 0.158. The summed E-state index contributed by atoms with van der Waals surface area (Å²) in [7, 11) is -3.56. The predicted octanol–water partition coefficient (Wildman–Crippen LogP) is 2.71. The van der Waals surface area contributed by atoms with Gasteiger partial charge in [0.2, 0.25) is 0 Å². The van der Waals surface area contributed by atoms with Crippen molar-refractivity contribution in [2.45, 2.75) is 18.0 Å². The summed E-state index contributed by atoms with van der Waals surface area (Å²) in [5.41, 5.74) is 1.83. The maximum atomic E-state index is 14.1. The summed E-state index contributed by atoms with van der Waals surface area (Å²) in [6.45, 7) is 0.392. The lowest BCUT2D eigenvalue weighted by Crippen LogP contribution is -2.27. The number of carbonyl (C=O) groups excluding carboxylic acids is 1. The van der Waals surface area contributed by atoms with Crippen LogP contribution in [0.5, 0.6) is 0 Å². The van der Waals surface area contributed by atoms with E-state index in [4.69, 9.17) is 0 Å². The Balaban J connectivity index is 1.58. The van der Waals surface area contributed by atoms with Crippen molar-refractivity contribution < 1.29 is 22.0 Å². The Morgan fingerprint density at radius 3 is 2.43 bits per heavy atom. The Kier molecular flexibility index (Phi) is 4.26. The van der Waals surface area contributed by atoms with Crippen LogP contribution < -0.4 is 0 Å². The quantitative estimate of drug-likeness (QED) is 0.631. The summed E-state index contributed by atoms with van der Waals surface area (Å²) in [6, 6.07) is 9.01. The van der Waals surface area contributed by atoms with Gasteiger partial charge in [0.05, 0.1) is 28.4 Å². The molecule has 0 atom stereocenters. The summed E-state index contributed by atoms with van der Waals surface area (Å²) in [4.78, 5) is 14.0. The van der Waals surface area contributed by atoms with Crippen LogP contribution in [0.15, 0.2) is 53.6 Å². The number of amides is 1. The van der Waals surface area contributed by atoms with Crippen LogP contribution in [-0.2, 0) is 22.9 Å². The van der Waals surface area contributed by atoms with Crippen LogP contribution in [-0.4, -0.2) is 35.3 Å². The van der Waals surface area contributed by atoms with E-state index in [1.54, 1.807) is 23.0 Å². The molecule has 0 spiro atoms. The molecule has 0 aliphatic carbocycles. The minimum atomic E-state index is -3.56. The average molecular weight is 403 g/mol. The van der Waals surface area contributed by atoms with Crippen LogP contribution in [0.2, 0.25) is 0 Å². The zero-order valence-electron chi connectivity index (χ0n) is 14.8. The van der Waals surface area contributed by atoms with Crippen molar-refractivity contribution in [3.63, 3.8) is 0 Å². The van der Waals surface area contributed by atoms with Crippen molar-refractivity contribution in [1.82, 2.24) is 14.7 Å². The third-order valence-corrected chi connectivity index (χ3v) is 5.66. The number of aromatic nitrogens is 2. The summed E-state index contributed by atoms with van der Waals surface area (Å²) >= 11 is 0. The standard InChI is InChI=1S/C19H15F2N3O3S/c1-28(26,27)15-6-7-17(21)16(8-15)19(25)23-9-12-10-24(22-18(12)11-23)14-4-2-13(20)3-5-14/h2-8,10H,9,11H2,1H3. The molecule has 1 aliphatic rings. The van der Waals surface area contributed by atoms with E-state index in [0.717, 1.165) is 30.0 Å². The molecular formula is C19H15F2N3O3S. The molecule has 0 N–H and O–H groups in total. The summed E-state index contributed by atoms with van der Waals surface area (Å²) < 4.78 is 52.2. The fourth-order valence-electron chi connectivity index (χ4n) is 3.09. The first-order chi connectivity index (χ1) is 13.2. The molecule has 0 bridgehead atoms. The second-order valence-corrected chi connectivity index (χ2v) is 8.61. The van der Waals surface area contributed by atoms with Gasteiger partial charge in [-0.1, -0.05) is 0 Å². The molecule has 1 aromatic heterocycles. The maximum Gasteiger partial charge on any atom is 0.257 e. The highest BCUT2D eigenvalue weighted by Gasteiger charge is 2.29. The smallest absolute Gasteiger partial charge is 0.257 e. The topological polar surface area (TPSA) is 72.3 Å². The predicted molar refractivity (Wildman–Crippen MR) is 96.6 cm³/mol. The van der Waals surface area contributed by atoms with Crippen molar-refractivity contribution in [3.05, 3.63) is 77.1 Å². The molecule has 9 heteroatoms. The van der Waals surface area contributed by atoms with Crippen LogP contribution in [0.25, 0.3) is 5.69 Å². The second-order valence-electron chi connectivity index (χ2n) is 6.60. The average Bonchev–Trinajstić information content (AvgIpc) is 3.20. The Bertz CT molecular complexity index is 1160.